The predicted octanol–water partition coefficient (Wildman–Crippen LogP) is 3.17. The lowest BCUT2D eigenvalue weighted by molar-refractivity contribution is 0.0302. The second-order valence-electron chi connectivity index (χ2n) is 7.78. The minimum Gasteiger partial charge on any atom is -0.393 e. The highest BCUT2D eigenvalue weighted by molar-refractivity contribution is 5.93. The molecule has 0 unspecified atom stereocenters. The fourth-order valence-electron chi connectivity index (χ4n) is 4.04. The SMILES string of the molecule is Cl.N[C@@H](c1cccc(-c2nn(-c3cccc(CO)n3)c3ccccc23)n1)[C@H]1C[C@@H](O)C1. The van der Waals surface area contributed by atoms with Crippen LogP contribution in [-0.4, -0.2) is 36.1 Å². The van der Waals surface area contributed by atoms with Crippen LogP contribution in [-0.2, 0) is 6.61 Å². The molecule has 1 aromatic carbocycles. The van der Waals surface area contributed by atoms with E-state index in [2.05, 4.69) is 4.98 Å². The van der Waals surface area contributed by atoms with Crippen LogP contribution in [0.1, 0.15) is 30.3 Å². The van der Waals surface area contributed by atoms with Crippen LogP contribution in [0.3, 0.4) is 0 Å². The molecule has 0 radical (unpaired) electrons. The summed E-state index contributed by atoms with van der Waals surface area (Å²) in [5.41, 5.74) is 10.2. The molecule has 4 aromatic rings. The van der Waals surface area contributed by atoms with Crippen LogP contribution in [0.25, 0.3) is 28.1 Å². The molecule has 5 rings (SSSR count). The Hall–Kier alpha value is -2.84. The third-order valence-electron chi connectivity index (χ3n) is 5.77. The topological polar surface area (TPSA) is 110 Å². The van der Waals surface area contributed by atoms with Crippen molar-refractivity contribution in [1.82, 2.24) is 19.7 Å². The molecule has 0 aliphatic heterocycles. The van der Waals surface area contributed by atoms with Crippen molar-refractivity contribution < 1.29 is 10.2 Å². The van der Waals surface area contributed by atoms with Gasteiger partial charge in [-0.15, -0.1) is 12.4 Å². The lowest BCUT2D eigenvalue weighted by Gasteiger charge is -2.35. The number of hydrogen-bond donors (Lipinski definition) is 3. The molecular weight excluding hydrogens is 414 g/mol. The van der Waals surface area contributed by atoms with Gasteiger partial charge in [0.15, 0.2) is 5.82 Å². The van der Waals surface area contributed by atoms with Gasteiger partial charge in [0.1, 0.15) is 5.69 Å². The summed E-state index contributed by atoms with van der Waals surface area (Å²) in [6.07, 6.45) is 1.20. The molecule has 3 heterocycles. The lowest BCUT2D eigenvalue weighted by Crippen LogP contribution is -2.36. The van der Waals surface area contributed by atoms with Crippen LogP contribution in [0.5, 0.6) is 0 Å². The summed E-state index contributed by atoms with van der Waals surface area (Å²) >= 11 is 0. The van der Waals surface area contributed by atoms with Crippen molar-refractivity contribution in [1.29, 1.82) is 0 Å². The number of halogens is 1. The predicted molar refractivity (Wildman–Crippen MR) is 121 cm³/mol. The second kappa shape index (κ2) is 8.72. The summed E-state index contributed by atoms with van der Waals surface area (Å²) in [5, 5.41) is 24.8. The van der Waals surface area contributed by atoms with Crippen LogP contribution < -0.4 is 5.73 Å². The number of benzene rings is 1. The van der Waals surface area contributed by atoms with Crippen molar-refractivity contribution in [2.45, 2.75) is 31.6 Å². The molecule has 1 fully saturated rings. The summed E-state index contributed by atoms with van der Waals surface area (Å²) in [5.74, 6) is 0.891. The van der Waals surface area contributed by atoms with Crippen LogP contribution in [0.2, 0.25) is 0 Å². The van der Waals surface area contributed by atoms with E-state index in [9.17, 15) is 10.2 Å². The Balaban J connectivity index is 0.00000231. The van der Waals surface area contributed by atoms with Gasteiger partial charge < -0.3 is 15.9 Å². The number of nitrogens with two attached hydrogens (primary N) is 1. The van der Waals surface area contributed by atoms with Gasteiger partial charge in [-0.25, -0.2) is 14.6 Å². The number of aliphatic hydroxyl groups is 2. The Bertz CT molecular complexity index is 1210. The van der Waals surface area contributed by atoms with E-state index in [4.69, 9.17) is 15.8 Å². The number of rotatable bonds is 5. The van der Waals surface area contributed by atoms with Crippen LogP contribution in [0.4, 0.5) is 0 Å². The van der Waals surface area contributed by atoms with Crippen molar-refractivity contribution in [2.75, 3.05) is 0 Å². The highest BCUT2D eigenvalue weighted by Crippen LogP contribution is 2.37. The Morgan fingerprint density at radius 1 is 1.00 bits per heavy atom. The van der Waals surface area contributed by atoms with Gasteiger partial charge in [-0.05, 0) is 49.1 Å². The highest BCUT2D eigenvalue weighted by Gasteiger charge is 2.33. The van der Waals surface area contributed by atoms with E-state index in [1.165, 1.54) is 0 Å². The van der Waals surface area contributed by atoms with Gasteiger partial charge >= 0.3 is 0 Å². The highest BCUT2D eigenvalue weighted by atomic mass is 35.5. The fourth-order valence-corrected chi connectivity index (χ4v) is 4.04. The molecular formula is C23H24ClN5O2. The van der Waals surface area contributed by atoms with Crippen molar-refractivity contribution in [2.24, 2.45) is 11.7 Å². The summed E-state index contributed by atoms with van der Waals surface area (Å²) in [6, 6.07) is 19.1. The molecule has 7 nitrogen and oxygen atoms in total. The number of aromatic nitrogens is 4. The molecule has 1 aliphatic carbocycles. The van der Waals surface area contributed by atoms with E-state index in [1.54, 1.807) is 10.7 Å². The summed E-state index contributed by atoms with van der Waals surface area (Å²) in [7, 11) is 0. The first-order chi connectivity index (χ1) is 14.6. The third-order valence-corrected chi connectivity index (χ3v) is 5.77. The number of nitrogens with zero attached hydrogens (tertiary/aromatic N) is 4. The molecule has 0 spiro atoms. The van der Waals surface area contributed by atoms with Gasteiger partial charge in [0.25, 0.3) is 0 Å². The maximum absolute atomic E-state index is 9.60. The van der Waals surface area contributed by atoms with Crippen LogP contribution in [0, 0.1) is 5.92 Å². The Labute approximate surface area is 186 Å². The van der Waals surface area contributed by atoms with E-state index in [0.717, 1.165) is 40.8 Å². The lowest BCUT2D eigenvalue weighted by atomic mass is 9.76. The molecule has 1 aliphatic rings. The van der Waals surface area contributed by atoms with Crippen molar-refractivity contribution in [3.05, 3.63) is 72.1 Å². The third kappa shape index (κ3) is 3.93. The Kier molecular flexibility index (Phi) is 6.02. The number of para-hydroxylation sites is 1. The van der Waals surface area contributed by atoms with Gasteiger partial charge in [-0.3, -0.25) is 0 Å². The van der Waals surface area contributed by atoms with Gasteiger partial charge in [-0.2, -0.15) is 5.10 Å². The average Bonchev–Trinajstić information content (AvgIpc) is 3.16. The van der Waals surface area contributed by atoms with Crippen LogP contribution >= 0.6 is 12.4 Å². The molecule has 3 aromatic heterocycles. The zero-order chi connectivity index (χ0) is 20.7. The van der Waals surface area contributed by atoms with E-state index >= 15 is 0 Å². The average molecular weight is 438 g/mol. The summed E-state index contributed by atoms with van der Waals surface area (Å²) in [4.78, 5) is 9.32. The van der Waals surface area contributed by atoms with E-state index in [-0.39, 0.29) is 37.1 Å². The molecule has 0 saturated heterocycles. The largest absolute Gasteiger partial charge is 0.393 e. The first-order valence-electron chi connectivity index (χ1n) is 10.1. The second-order valence-corrected chi connectivity index (χ2v) is 7.78. The first-order valence-corrected chi connectivity index (χ1v) is 10.1. The van der Waals surface area contributed by atoms with Gasteiger partial charge in [0.2, 0.25) is 0 Å². The molecule has 0 bridgehead atoms. The summed E-state index contributed by atoms with van der Waals surface area (Å²) < 4.78 is 1.78. The molecule has 0 amide bonds. The maximum atomic E-state index is 9.60. The van der Waals surface area contributed by atoms with Crippen molar-refractivity contribution >= 4 is 23.3 Å². The van der Waals surface area contributed by atoms with Gasteiger partial charge in [-0.1, -0.05) is 30.3 Å². The minimum atomic E-state index is -0.244. The number of aliphatic hydroxyl groups excluding tert-OH is 2. The molecule has 8 heteroatoms. The zero-order valence-corrected chi connectivity index (χ0v) is 17.6. The summed E-state index contributed by atoms with van der Waals surface area (Å²) in [6.45, 7) is -0.128. The van der Waals surface area contributed by atoms with Gasteiger partial charge in [0.05, 0.1) is 41.4 Å². The number of fused-ring (bicyclic) bond motifs is 1. The van der Waals surface area contributed by atoms with Crippen molar-refractivity contribution in [3.63, 3.8) is 0 Å². The van der Waals surface area contributed by atoms with Crippen LogP contribution in [0.15, 0.2) is 60.7 Å². The molecule has 160 valence electrons. The first kappa shape index (κ1) is 21.4. The molecule has 4 N–H and O–H groups in total. The standard InChI is InChI=1S/C23H23N5O2.ClH/c24-22(14-11-16(30)12-14)18-7-4-8-19(26-18)23-17-6-1-2-9-20(17)28(27-23)21-10-3-5-15(13-29)25-21;/h1-10,14,16,22,29-30H,11-13,24H2;1H/t14-,16+,22-;/m1./s1. The monoisotopic (exact) mass is 437 g/mol. The minimum absolute atomic E-state index is 0. The number of hydrogen-bond acceptors (Lipinski definition) is 6. The van der Waals surface area contributed by atoms with Crippen molar-refractivity contribution in [3.8, 4) is 17.2 Å². The number of pyridine rings is 2. The quantitative estimate of drug-likeness (QED) is 0.442. The Morgan fingerprint density at radius 2 is 1.77 bits per heavy atom. The van der Waals surface area contributed by atoms with E-state index in [1.807, 2.05) is 54.6 Å². The normalized spacial score (nSPS) is 18.9. The molecule has 1 atom stereocenters. The Morgan fingerprint density at radius 3 is 2.55 bits per heavy atom. The maximum Gasteiger partial charge on any atom is 0.154 e. The molecule has 1 saturated carbocycles. The fraction of sp³-hybridized carbons (Fsp3) is 0.261. The smallest absolute Gasteiger partial charge is 0.154 e. The zero-order valence-electron chi connectivity index (χ0n) is 16.8. The molecule has 31 heavy (non-hydrogen) atoms. The van der Waals surface area contributed by atoms with Gasteiger partial charge in [0, 0.05) is 5.39 Å². The van der Waals surface area contributed by atoms with E-state index < -0.39 is 0 Å². The van der Waals surface area contributed by atoms with E-state index in [0.29, 0.717) is 11.5 Å².